The van der Waals surface area contributed by atoms with Crippen LogP contribution in [0.1, 0.15) is 23.6 Å². The Labute approximate surface area is 155 Å². The van der Waals surface area contributed by atoms with E-state index in [-0.39, 0.29) is 5.97 Å². The fourth-order valence-electron chi connectivity index (χ4n) is 2.09. The monoisotopic (exact) mass is 408 g/mol. The molecule has 0 aromatic heterocycles. The standard InChI is InChI=1S/C19H18BrClO3/c1-3-23-18(22)9-8-14-10-16(20)19(17(21)11-14)24-12-15-7-5-4-6-13(15)2/h4-11H,3,12H2,1-2H3/b9-8+. The third kappa shape index (κ3) is 5.11. The van der Waals surface area contributed by atoms with Gasteiger partial charge in [0.25, 0.3) is 0 Å². The van der Waals surface area contributed by atoms with Crippen LogP contribution in [0.15, 0.2) is 46.9 Å². The molecule has 0 saturated carbocycles. The molecule has 2 rings (SSSR count). The van der Waals surface area contributed by atoms with Crippen LogP contribution in [0, 0.1) is 6.92 Å². The Hall–Kier alpha value is -1.78. The van der Waals surface area contributed by atoms with Crippen LogP contribution < -0.4 is 4.74 Å². The summed E-state index contributed by atoms with van der Waals surface area (Å²) in [5.41, 5.74) is 3.05. The van der Waals surface area contributed by atoms with Gasteiger partial charge in [0.2, 0.25) is 0 Å². The summed E-state index contributed by atoms with van der Waals surface area (Å²) in [6, 6.07) is 11.6. The molecule has 0 aliphatic rings. The number of halogens is 2. The number of carbonyl (C=O) groups is 1. The lowest BCUT2D eigenvalue weighted by Gasteiger charge is -2.12. The molecular formula is C19H18BrClO3. The number of carbonyl (C=O) groups excluding carboxylic acids is 1. The Balaban J connectivity index is 2.12. The molecule has 2 aromatic rings. The highest BCUT2D eigenvalue weighted by Gasteiger charge is 2.10. The van der Waals surface area contributed by atoms with Gasteiger partial charge in [-0.1, -0.05) is 35.9 Å². The van der Waals surface area contributed by atoms with Crippen molar-refractivity contribution >= 4 is 39.6 Å². The van der Waals surface area contributed by atoms with Crippen molar-refractivity contribution in [1.29, 1.82) is 0 Å². The second-order valence-corrected chi connectivity index (χ2v) is 6.38. The molecule has 2 aromatic carbocycles. The molecule has 24 heavy (non-hydrogen) atoms. The number of ether oxygens (including phenoxy) is 2. The highest BCUT2D eigenvalue weighted by atomic mass is 79.9. The van der Waals surface area contributed by atoms with Crippen molar-refractivity contribution in [1.82, 2.24) is 0 Å². The summed E-state index contributed by atoms with van der Waals surface area (Å²) in [5, 5.41) is 0.474. The molecule has 0 spiro atoms. The summed E-state index contributed by atoms with van der Waals surface area (Å²) >= 11 is 9.78. The molecular weight excluding hydrogens is 392 g/mol. The smallest absolute Gasteiger partial charge is 0.330 e. The molecule has 0 fully saturated rings. The number of aryl methyl sites for hydroxylation is 1. The minimum absolute atomic E-state index is 0.347. The van der Waals surface area contributed by atoms with E-state index >= 15 is 0 Å². The van der Waals surface area contributed by atoms with Gasteiger partial charge in [-0.3, -0.25) is 0 Å². The van der Waals surface area contributed by atoms with Gasteiger partial charge in [-0.25, -0.2) is 4.79 Å². The zero-order valence-electron chi connectivity index (χ0n) is 13.5. The molecule has 0 N–H and O–H groups in total. The fraction of sp³-hybridized carbons (Fsp3) is 0.211. The van der Waals surface area contributed by atoms with Crippen LogP contribution in [0.3, 0.4) is 0 Å². The molecule has 126 valence electrons. The lowest BCUT2D eigenvalue weighted by atomic mass is 10.1. The Bertz CT molecular complexity index is 733. The van der Waals surface area contributed by atoms with Crippen LogP contribution in [0.5, 0.6) is 5.75 Å². The maximum atomic E-state index is 11.4. The van der Waals surface area contributed by atoms with Crippen LogP contribution in [0.25, 0.3) is 6.08 Å². The average Bonchev–Trinajstić information content (AvgIpc) is 2.54. The van der Waals surface area contributed by atoms with E-state index in [1.165, 1.54) is 11.6 Å². The summed E-state index contributed by atoms with van der Waals surface area (Å²) in [6.07, 6.45) is 3.02. The average molecular weight is 410 g/mol. The molecule has 0 aliphatic heterocycles. The van der Waals surface area contributed by atoms with Gasteiger partial charge in [0.15, 0.2) is 5.75 Å². The van der Waals surface area contributed by atoms with E-state index in [2.05, 4.69) is 15.9 Å². The minimum Gasteiger partial charge on any atom is -0.486 e. The summed E-state index contributed by atoms with van der Waals surface area (Å²) < 4.78 is 11.4. The second kappa shape index (κ2) is 8.90. The van der Waals surface area contributed by atoms with Crippen molar-refractivity contribution in [2.45, 2.75) is 20.5 Å². The normalized spacial score (nSPS) is 10.8. The molecule has 5 heteroatoms. The first-order valence-electron chi connectivity index (χ1n) is 7.52. The first kappa shape index (κ1) is 18.6. The first-order chi connectivity index (χ1) is 11.5. The Kier molecular flexibility index (Phi) is 6.88. The molecule has 0 radical (unpaired) electrons. The number of esters is 1. The highest BCUT2D eigenvalue weighted by molar-refractivity contribution is 9.10. The van der Waals surface area contributed by atoms with E-state index in [9.17, 15) is 4.79 Å². The fourth-order valence-corrected chi connectivity index (χ4v) is 3.08. The summed E-state index contributed by atoms with van der Waals surface area (Å²) in [6.45, 7) is 4.58. The Morgan fingerprint density at radius 3 is 2.71 bits per heavy atom. The zero-order valence-corrected chi connectivity index (χ0v) is 15.9. The third-order valence-corrected chi connectivity index (χ3v) is 4.22. The van der Waals surface area contributed by atoms with Gasteiger partial charge in [-0.15, -0.1) is 0 Å². The molecule has 0 unspecified atom stereocenters. The topological polar surface area (TPSA) is 35.5 Å². The predicted octanol–water partition coefficient (Wildman–Crippen LogP) is 5.57. The van der Waals surface area contributed by atoms with Gasteiger partial charge in [-0.2, -0.15) is 0 Å². The number of hydrogen-bond acceptors (Lipinski definition) is 3. The first-order valence-corrected chi connectivity index (χ1v) is 8.69. The minimum atomic E-state index is -0.385. The highest BCUT2D eigenvalue weighted by Crippen LogP contribution is 2.35. The summed E-state index contributed by atoms with van der Waals surface area (Å²) in [5.74, 6) is 0.192. The maximum absolute atomic E-state index is 11.4. The largest absolute Gasteiger partial charge is 0.486 e. The van der Waals surface area contributed by atoms with Crippen molar-refractivity contribution in [3.63, 3.8) is 0 Å². The van der Waals surface area contributed by atoms with Crippen molar-refractivity contribution in [3.05, 3.63) is 68.7 Å². The second-order valence-electron chi connectivity index (χ2n) is 5.11. The van der Waals surface area contributed by atoms with Gasteiger partial charge < -0.3 is 9.47 Å². The van der Waals surface area contributed by atoms with Crippen LogP contribution in [0.4, 0.5) is 0 Å². The molecule has 0 amide bonds. The molecule has 3 nitrogen and oxygen atoms in total. The van der Waals surface area contributed by atoms with Crippen molar-refractivity contribution in [2.24, 2.45) is 0 Å². The number of rotatable bonds is 6. The van der Waals surface area contributed by atoms with E-state index in [0.717, 1.165) is 15.6 Å². The van der Waals surface area contributed by atoms with Gasteiger partial charge in [-0.05, 0) is 64.7 Å². The molecule has 0 bridgehead atoms. The lowest BCUT2D eigenvalue weighted by molar-refractivity contribution is -0.137. The lowest BCUT2D eigenvalue weighted by Crippen LogP contribution is -1.99. The van der Waals surface area contributed by atoms with Crippen LogP contribution in [0.2, 0.25) is 5.02 Å². The van der Waals surface area contributed by atoms with Crippen molar-refractivity contribution < 1.29 is 14.3 Å². The Morgan fingerprint density at radius 2 is 2.04 bits per heavy atom. The van der Waals surface area contributed by atoms with Gasteiger partial charge in [0.05, 0.1) is 16.1 Å². The van der Waals surface area contributed by atoms with Crippen LogP contribution >= 0.6 is 27.5 Å². The molecule has 0 saturated heterocycles. The third-order valence-electron chi connectivity index (χ3n) is 3.35. The van der Waals surface area contributed by atoms with Crippen molar-refractivity contribution in [2.75, 3.05) is 6.61 Å². The summed E-state index contributed by atoms with van der Waals surface area (Å²) in [4.78, 5) is 11.4. The van der Waals surface area contributed by atoms with E-state index < -0.39 is 0 Å². The quantitative estimate of drug-likeness (QED) is 0.462. The van der Waals surface area contributed by atoms with Gasteiger partial charge in [0, 0.05) is 6.08 Å². The zero-order chi connectivity index (χ0) is 17.5. The van der Waals surface area contributed by atoms with Gasteiger partial charge in [0.1, 0.15) is 6.61 Å². The Morgan fingerprint density at radius 1 is 1.29 bits per heavy atom. The molecule has 0 heterocycles. The van der Waals surface area contributed by atoms with Crippen LogP contribution in [-0.4, -0.2) is 12.6 Å². The molecule has 0 atom stereocenters. The van der Waals surface area contributed by atoms with E-state index in [4.69, 9.17) is 21.1 Å². The van der Waals surface area contributed by atoms with Crippen molar-refractivity contribution in [3.8, 4) is 5.75 Å². The predicted molar refractivity (Wildman–Crippen MR) is 100 cm³/mol. The molecule has 0 aliphatic carbocycles. The number of hydrogen-bond donors (Lipinski definition) is 0. The number of benzene rings is 2. The van der Waals surface area contributed by atoms with E-state index in [1.54, 1.807) is 19.1 Å². The SMILES string of the molecule is CCOC(=O)/C=C/c1cc(Cl)c(OCc2ccccc2C)c(Br)c1. The van der Waals surface area contributed by atoms with E-state index in [0.29, 0.717) is 24.0 Å². The van der Waals surface area contributed by atoms with Crippen LogP contribution in [-0.2, 0) is 16.1 Å². The summed E-state index contributed by atoms with van der Waals surface area (Å²) in [7, 11) is 0. The van der Waals surface area contributed by atoms with E-state index in [1.807, 2.05) is 37.3 Å². The maximum Gasteiger partial charge on any atom is 0.330 e. The van der Waals surface area contributed by atoms with Gasteiger partial charge >= 0.3 is 5.97 Å².